The molecule has 1 aliphatic rings. The lowest BCUT2D eigenvalue weighted by Crippen LogP contribution is -2.26. The minimum Gasteiger partial charge on any atom is -0.356 e. The smallest absolute Gasteiger partial charge is 0.356 e. The summed E-state index contributed by atoms with van der Waals surface area (Å²) >= 11 is 1.13. The molecule has 1 saturated heterocycles. The highest BCUT2D eigenvalue weighted by Gasteiger charge is 2.30. The van der Waals surface area contributed by atoms with Crippen molar-refractivity contribution in [3.63, 3.8) is 0 Å². The number of hydrogen-bond acceptors (Lipinski definition) is 5. The number of benzene rings is 1. The molecule has 2 atom stereocenters. The summed E-state index contributed by atoms with van der Waals surface area (Å²) in [6, 6.07) is 12.5. The molecule has 3 heterocycles. The Morgan fingerprint density at radius 1 is 1.08 bits per heavy atom. The highest BCUT2D eigenvalue weighted by Crippen LogP contribution is 2.36. The fourth-order valence-electron chi connectivity index (χ4n) is 5.49. The lowest BCUT2D eigenvalue weighted by Gasteiger charge is -2.27. The molecule has 0 radical (unpaired) electrons. The summed E-state index contributed by atoms with van der Waals surface area (Å²) in [6.45, 7) is 2.88. The number of aromatic nitrogens is 2. The van der Waals surface area contributed by atoms with Crippen molar-refractivity contribution in [2.45, 2.75) is 57.5 Å². The quantitative estimate of drug-likeness (QED) is 0.271. The molecule has 0 spiro atoms. The highest BCUT2D eigenvalue weighted by atomic mass is 32.1. The number of anilines is 1. The molecule has 8 heteroatoms. The van der Waals surface area contributed by atoms with Crippen LogP contribution < -0.4 is 4.90 Å². The fourth-order valence-corrected chi connectivity index (χ4v) is 6.51. The number of hydrogen-bond donors (Lipinski definition) is 0. The average molecular weight is 519 g/mol. The van der Waals surface area contributed by atoms with E-state index < -0.39 is 12.6 Å². The number of rotatable bonds is 10. The molecule has 1 fully saturated rings. The SMILES string of the molecule is CN(C)CCCCC(Cc1ccccc1)[C@H]1CCCN(c2ncnc3sc(CC(F)(F)F)cc23)CC1. The largest absolute Gasteiger partial charge is 0.393 e. The van der Waals surface area contributed by atoms with E-state index in [1.807, 2.05) is 0 Å². The number of alkyl halides is 3. The Kier molecular flexibility index (Phi) is 9.23. The molecule has 36 heavy (non-hydrogen) atoms. The molecule has 4 rings (SSSR count). The topological polar surface area (TPSA) is 32.3 Å². The second kappa shape index (κ2) is 12.4. The molecular formula is C28H37F3N4S. The Hall–Kier alpha value is -2.19. The summed E-state index contributed by atoms with van der Waals surface area (Å²) in [5.41, 5.74) is 1.41. The van der Waals surface area contributed by atoms with Crippen LogP contribution in [0, 0.1) is 11.8 Å². The van der Waals surface area contributed by atoms with Gasteiger partial charge in [0.25, 0.3) is 0 Å². The van der Waals surface area contributed by atoms with Gasteiger partial charge in [-0.2, -0.15) is 13.2 Å². The first kappa shape index (κ1) is 26.9. The molecule has 0 saturated carbocycles. The Balaban J connectivity index is 1.46. The Labute approximate surface area is 216 Å². The second-order valence-electron chi connectivity index (χ2n) is 10.3. The molecule has 1 unspecified atom stereocenters. The Morgan fingerprint density at radius 2 is 1.89 bits per heavy atom. The van der Waals surface area contributed by atoms with Crippen molar-refractivity contribution < 1.29 is 13.2 Å². The molecule has 0 amide bonds. The fraction of sp³-hybridized carbons (Fsp3) is 0.571. The number of fused-ring (bicyclic) bond motifs is 1. The van der Waals surface area contributed by atoms with Gasteiger partial charge in [0.15, 0.2) is 0 Å². The van der Waals surface area contributed by atoms with Crippen molar-refractivity contribution in [1.82, 2.24) is 14.9 Å². The van der Waals surface area contributed by atoms with Crippen LogP contribution in [0.15, 0.2) is 42.7 Å². The van der Waals surface area contributed by atoms with Gasteiger partial charge in [-0.1, -0.05) is 36.8 Å². The van der Waals surface area contributed by atoms with Crippen LogP contribution in [0.25, 0.3) is 10.2 Å². The maximum absolute atomic E-state index is 13.0. The maximum Gasteiger partial charge on any atom is 0.393 e. The maximum atomic E-state index is 13.0. The molecular weight excluding hydrogens is 481 g/mol. The van der Waals surface area contributed by atoms with Crippen LogP contribution in [0.5, 0.6) is 0 Å². The third-order valence-corrected chi connectivity index (χ3v) is 8.29. The standard InChI is InChI=1S/C28H37F3N4S/c1-34(2)14-7-6-11-23(17-21-9-4-3-5-10-21)22-12-8-15-35(16-13-22)26-25-18-24(19-28(29,30)31)36-27(25)33-20-32-26/h3-5,9-10,18,20,22-23H,6-8,11-17,19H2,1-2H3/t22-,23?/m0/s1. The first-order chi connectivity index (χ1) is 17.3. The van der Waals surface area contributed by atoms with Gasteiger partial charge in [-0.05, 0) is 82.6 Å². The summed E-state index contributed by atoms with van der Waals surface area (Å²) in [4.78, 5) is 14.3. The molecule has 3 aromatic rings. The number of thiophene rings is 1. The Morgan fingerprint density at radius 3 is 2.64 bits per heavy atom. The molecule has 0 aliphatic carbocycles. The van der Waals surface area contributed by atoms with Gasteiger partial charge in [0.05, 0.1) is 11.8 Å². The lowest BCUT2D eigenvalue weighted by atomic mass is 9.79. The number of nitrogens with zero attached hydrogens (tertiary/aromatic N) is 4. The monoisotopic (exact) mass is 518 g/mol. The van der Waals surface area contributed by atoms with Crippen LogP contribution in [0.2, 0.25) is 0 Å². The van der Waals surface area contributed by atoms with Crippen molar-refractivity contribution in [1.29, 1.82) is 0 Å². The van der Waals surface area contributed by atoms with Gasteiger partial charge in [0.2, 0.25) is 0 Å². The van der Waals surface area contributed by atoms with E-state index in [-0.39, 0.29) is 0 Å². The first-order valence-electron chi connectivity index (χ1n) is 13.0. The van der Waals surface area contributed by atoms with Crippen LogP contribution >= 0.6 is 11.3 Å². The van der Waals surface area contributed by atoms with Gasteiger partial charge in [-0.15, -0.1) is 11.3 Å². The number of unbranched alkanes of at least 4 members (excludes halogenated alkanes) is 1. The minimum absolute atomic E-state index is 0.299. The molecule has 196 valence electrons. The molecule has 4 nitrogen and oxygen atoms in total. The molecule has 1 aliphatic heterocycles. The van der Waals surface area contributed by atoms with E-state index in [4.69, 9.17) is 0 Å². The molecule has 1 aromatic carbocycles. The van der Waals surface area contributed by atoms with E-state index >= 15 is 0 Å². The highest BCUT2D eigenvalue weighted by molar-refractivity contribution is 7.18. The lowest BCUT2D eigenvalue weighted by molar-refractivity contribution is -0.126. The van der Waals surface area contributed by atoms with Crippen molar-refractivity contribution >= 4 is 27.4 Å². The van der Waals surface area contributed by atoms with Gasteiger partial charge in [0, 0.05) is 18.0 Å². The van der Waals surface area contributed by atoms with Gasteiger partial charge in [-0.3, -0.25) is 0 Å². The van der Waals surface area contributed by atoms with E-state index in [1.54, 1.807) is 6.07 Å². The van der Waals surface area contributed by atoms with Crippen molar-refractivity contribution in [2.75, 3.05) is 38.6 Å². The van der Waals surface area contributed by atoms with Crippen LogP contribution in [0.1, 0.15) is 49.0 Å². The zero-order chi connectivity index (χ0) is 25.5. The zero-order valence-corrected chi connectivity index (χ0v) is 22.1. The summed E-state index contributed by atoms with van der Waals surface area (Å²) < 4.78 is 38.9. The molecule has 2 aromatic heterocycles. The second-order valence-corrected chi connectivity index (χ2v) is 11.5. The van der Waals surface area contributed by atoms with Crippen molar-refractivity contribution in [3.05, 3.63) is 53.2 Å². The number of halogens is 3. The van der Waals surface area contributed by atoms with E-state index in [2.05, 4.69) is 64.2 Å². The van der Waals surface area contributed by atoms with E-state index in [1.165, 1.54) is 37.6 Å². The average Bonchev–Trinajstić information content (AvgIpc) is 3.07. The van der Waals surface area contributed by atoms with Crippen molar-refractivity contribution in [3.8, 4) is 0 Å². The first-order valence-corrected chi connectivity index (χ1v) is 13.8. The van der Waals surface area contributed by atoms with Crippen LogP contribution in [-0.2, 0) is 12.8 Å². The molecule has 0 N–H and O–H groups in total. The van der Waals surface area contributed by atoms with E-state index in [0.717, 1.165) is 61.4 Å². The summed E-state index contributed by atoms with van der Waals surface area (Å²) in [5.74, 6) is 2.06. The predicted octanol–water partition coefficient (Wildman–Crippen LogP) is 6.99. The zero-order valence-electron chi connectivity index (χ0n) is 21.3. The van der Waals surface area contributed by atoms with Crippen LogP contribution in [0.3, 0.4) is 0 Å². The predicted molar refractivity (Wildman–Crippen MR) is 143 cm³/mol. The van der Waals surface area contributed by atoms with Gasteiger partial charge in [-0.25, -0.2) is 9.97 Å². The minimum atomic E-state index is -4.22. The van der Waals surface area contributed by atoms with Crippen LogP contribution in [0.4, 0.5) is 19.0 Å². The normalized spacial score (nSPS) is 18.1. The van der Waals surface area contributed by atoms with E-state index in [0.29, 0.717) is 21.5 Å². The third kappa shape index (κ3) is 7.65. The third-order valence-electron chi connectivity index (χ3n) is 7.24. The Bertz CT molecular complexity index is 1080. The van der Waals surface area contributed by atoms with Gasteiger partial charge < -0.3 is 9.80 Å². The summed E-state index contributed by atoms with van der Waals surface area (Å²) in [6.07, 6.45) is 4.49. The van der Waals surface area contributed by atoms with Gasteiger partial charge in [0.1, 0.15) is 17.0 Å². The van der Waals surface area contributed by atoms with Crippen LogP contribution in [-0.4, -0.2) is 54.8 Å². The summed E-state index contributed by atoms with van der Waals surface area (Å²) in [7, 11) is 4.26. The van der Waals surface area contributed by atoms with Gasteiger partial charge >= 0.3 is 6.18 Å². The summed E-state index contributed by atoms with van der Waals surface area (Å²) in [5, 5.41) is 0.754. The van der Waals surface area contributed by atoms with Crippen molar-refractivity contribution in [2.24, 2.45) is 11.8 Å². The molecule has 0 bridgehead atoms. The van der Waals surface area contributed by atoms with E-state index in [9.17, 15) is 13.2 Å².